The van der Waals surface area contributed by atoms with E-state index in [1.807, 2.05) is 19.2 Å². The van der Waals surface area contributed by atoms with Gasteiger partial charge in [0.1, 0.15) is 11.0 Å². The second-order valence-corrected chi connectivity index (χ2v) is 4.57. The molecule has 0 spiro atoms. The van der Waals surface area contributed by atoms with Crippen molar-refractivity contribution in [3.05, 3.63) is 23.4 Å². The fourth-order valence-electron chi connectivity index (χ4n) is 1.96. The van der Waals surface area contributed by atoms with E-state index in [9.17, 15) is 0 Å². The summed E-state index contributed by atoms with van der Waals surface area (Å²) in [5.74, 6) is 0.904. The van der Waals surface area contributed by atoms with Crippen LogP contribution in [0.1, 0.15) is 19.3 Å². The second-order valence-electron chi connectivity index (χ2n) is 4.19. The Morgan fingerprint density at radius 2 is 2.38 bits per heavy atom. The highest BCUT2D eigenvalue weighted by Crippen LogP contribution is 2.17. The minimum atomic E-state index is 0.333. The zero-order chi connectivity index (χ0) is 11.4. The van der Waals surface area contributed by atoms with E-state index < -0.39 is 0 Å². The van der Waals surface area contributed by atoms with Crippen molar-refractivity contribution in [3.8, 4) is 0 Å². The number of rotatable bonds is 3. The second kappa shape index (κ2) is 5.51. The molecule has 0 aliphatic carbocycles. The molecule has 1 aliphatic rings. The number of aromatic nitrogens is 1. The maximum atomic E-state index is 5.86. The first-order valence-electron chi connectivity index (χ1n) is 5.71. The summed E-state index contributed by atoms with van der Waals surface area (Å²) >= 11 is 5.86. The summed E-state index contributed by atoms with van der Waals surface area (Å²) < 4.78 is 5.70. The van der Waals surface area contributed by atoms with Crippen molar-refractivity contribution in [2.24, 2.45) is 0 Å². The molecule has 1 aromatic rings. The topological polar surface area (TPSA) is 25.4 Å². The van der Waals surface area contributed by atoms with Crippen LogP contribution in [0.25, 0.3) is 0 Å². The smallest absolute Gasteiger partial charge is 0.131 e. The number of pyridine rings is 1. The number of halogens is 1. The first-order valence-corrected chi connectivity index (χ1v) is 6.09. The Kier molecular flexibility index (Phi) is 4.02. The van der Waals surface area contributed by atoms with Gasteiger partial charge in [0.15, 0.2) is 0 Å². The van der Waals surface area contributed by atoms with Crippen LogP contribution in [-0.2, 0) is 4.74 Å². The Bertz CT molecular complexity index is 340. The molecular formula is C12H17ClN2O. The van der Waals surface area contributed by atoms with Gasteiger partial charge in [-0.2, -0.15) is 0 Å². The molecule has 0 radical (unpaired) electrons. The maximum Gasteiger partial charge on any atom is 0.131 e. The number of ether oxygens (including phenoxy) is 1. The highest BCUT2D eigenvalue weighted by molar-refractivity contribution is 6.29. The minimum Gasteiger partial charge on any atom is -0.376 e. The van der Waals surface area contributed by atoms with Crippen LogP contribution in [0.3, 0.4) is 0 Å². The van der Waals surface area contributed by atoms with Gasteiger partial charge in [-0.05, 0) is 31.4 Å². The van der Waals surface area contributed by atoms with Gasteiger partial charge in [0.05, 0.1) is 6.10 Å². The van der Waals surface area contributed by atoms with E-state index in [1.54, 1.807) is 6.07 Å². The van der Waals surface area contributed by atoms with Crippen molar-refractivity contribution in [2.45, 2.75) is 25.4 Å². The molecular weight excluding hydrogens is 224 g/mol. The minimum absolute atomic E-state index is 0.333. The van der Waals surface area contributed by atoms with Gasteiger partial charge in [-0.15, -0.1) is 0 Å². The van der Waals surface area contributed by atoms with Gasteiger partial charge in [0.25, 0.3) is 0 Å². The molecule has 2 rings (SSSR count). The molecule has 1 fully saturated rings. The Labute approximate surface area is 101 Å². The highest BCUT2D eigenvalue weighted by atomic mass is 35.5. The average molecular weight is 241 g/mol. The van der Waals surface area contributed by atoms with Gasteiger partial charge in [-0.3, -0.25) is 0 Å². The molecule has 0 saturated carbocycles. The van der Waals surface area contributed by atoms with Crippen molar-refractivity contribution < 1.29 is 4.74 Å². The highest BCUT2D eigenvalue weighted by Gasteiger charge is 2.16. The number of likely N-dealkylation sites (N-methyl/N-ethyl adjacent to an activating group) is 1. The van der Waals surface area contributed by atoms with Crippen LogP contribution in [-0.4, -0.2) is 31.3 Å². The number of hydrogen-bond donors (Lipinski definition) is 0. The number of hydrogen-bond acceptors (Lipinski definition) is 3. The van der Waals surface area contributed by atoms with Crippen LogP contribution in [0.15, 0.2) is 18.2 Å². The van der Waals surface area contributed by atoms with Gasteiger partial charge in [-0.1, -0.05) is 17.7 Å². The third-order valence-electron chi connectivity index (χ3n) is 2.84. The fourth-order valence-corrected chi connectivity index (χ4v) is 2.12. The Hall–Kier alpha value is -0.800. The van der Waals surface area contributed by atoms with E-state index in [-0.39, 0.29) is 0 Å². The van der Waals surface area contributed by atoms with E-state index in [1.165, 1.54) is 12.8 Å². The summed E-state index contributed by atoms with van der Waals surface area (Å²) in [7, 11) is 2.02. The normalized spacial score (nSPS) is 20.8. The quantitative estimate of drug-likeness (QED) is 0.760. The monoisotopic (exact) mass is 240 g/mol. The molecule has 0 aromatic carbocycles. The number of anilines is 1. The van der Waals surface area contributed by atoms with Crippen LogP contribution >= 0.6 is 11.6 Å². The molecule has 0 N–H and O–H groups in total. The molecule has 3 nitrogen and oxygen atoms in total. The molecule has 1 saturated heterocycles. The summed E-state index contributed by atoms with van der Waals surface area (Å²) in [4.78, 5) is 6.37. The van der Waals surface area contributed by atoms with Crippen molar-refractivity contribution in [2.75, 3.05) is 25.1 Å². The lowest BCUT2D eigenvalue weighted by Gasteiger charge is -2.28. The van der Waals surface area contributed by atoms with Gasteiger partial charge in [-0.25, -0.2) is 4.98 Å². The molecule has 88 valence electrons. The van der Waals surface area contributed by atoms with Gasteiger partial charge < -0.3 is 9.64 Å². The lowest BCUT2D eigenvalue weighted by Crippen LogP contribution is -2.33. The van der Waals surface area contributed by atoms with E-state index in [2.05, 4.69) is 9.88 Å². The molecule has 16 heavy (non-hydrogen) atoms. The van der Waals surface area contributed by atoms with E-state index in [0.29, 0.717) is 11.3 Å². The number of nitrogens with zero attached hydrogens (tertiary/aromatic N) is 2. The predicted molar refractivity (Wildman–Crippen MR) is 66.1 cm³/mol. The largest absolute Gasteiger partial charge is 0.376 e. The van der Waals surface area contributed by atoms with E-state index >= 15 is 0 Å². The summed E-state index contributed by atoms with van der Waals surface area (Å²) in [6.45, 7) is 1.77. The first-order chi connectivity index (χ1) is 7.75. The molecule has 0 amide bonds. The van der Waals surface area contributed by atoms with E-state index in [0.717, 1.165) is 25.4 Å². The van der Waals surface area contributed by atoms with Crippen molar-refractivity contribution >= 4 is 17.4 Å². The Balaban J connectivity index is 1.94. The molecule has 0 bridgehead atoms. The molecule has 2 heterocycles. The van der Waals surface area contributed by atoms with Crippen LogP contribution in [0.5, 0.6) is 0 Å². The van der Waals surface area contributed by atoms with Crippen molar-refractivity contribution in [1.29, 1.82) is 0 Å². The average Bonchev–Trinajstić information content (AvgIpc) is 2.30. The van der Waals surface area contributed by atoms with Gasteiger partial charge in [0.2, 0.25) is 0 Å². The van der Waals surface area contributed by atoms with Crippen molar-refractivity contribution in [1.82, 2.24) is 4.98 Å². The molecule has 4 heteroatoms. The summed E-state index contributed by atoms with van der Waals surface area (Å²) in [5, 5.41) is 0.536. The van der Waals surface area contributed by atoms with Crippen LogP contribution in [0.2, 0.25) is 5.15 Å². The zero-order valence-corrected chi connectivity index (χ0v) is 10.3. The van der Waals surface area contributed by atoms with Crippen LogP contribution in [0.4, 0.5) is 5.82 Å². The zero-order valence-electron chi connectivity index (χ0n) is 9.53. The maximum absolute atomic E-state index is 5.86. The molecule has 1 aliphatic heterocycles. The Morgan fingerprint density at radius 1 is 1.50 bits per heavy atom. The van der Waals surface area contributed by atoms with Crippen LogP contribution < -0.4 is 4.90 Å². The van der Waals surface area contributed by atoms with Crippen LogP contribution in [0, 0.1) is 0 Å². The SMILES string of the molecule is CN(CC1CCCCO1)c1cccc(Cl)n1. The first kappa shape index (κ1) is 11.7. The van der Waals surface area contributed by atoms with Gasteiger partial charge in [0, 0.05) is 20.2 Å². The lowest BCUT2D eigenvalue weighted by atomic mass is 10.1. The summed E-state index contributed by atoms with van der Waals surface area (Å²) in [6, 6.07) is 5.67. The fraction of sp³-hybridized carbons (Fsp3) is 0.583. The van der Waals surface area contributed by atoms with E-state index in [4.69, 9.17) is 16.3 Å². The summed E-state index contributed by atoms with van der Waals surface area (Å²) in [6.07, 6.45) is 3.93. The van der Waals surface area contributed by atoms with Gasteiger partial charge >= 0.3 is 0 Å². The third-order valence-corrected chi connectivity index (χ3v) is 3.05. The Morgan fingerprint density at radius 3 is 3.06 bits per heavy atom. The third kappa shape index (κ3) is 3.09. The van der Waals surface area contributed by atoms with Crippen molar-refractivity contribution in [3.63, 3.8) is 0 Å². The standard InChI is InChI=1S/C12H17ClN2O/c1-15(9-10-5-2-3-8-16-10)12-7-4-6-11(13)14-12/h4,6-7,10H,2-3,5,8-9H2,1H3. The molecule has 1 aromatic heterocycles. The lowest BCUT2D eigenvalue weighted by molar-refractivity contribution is 0.0215. The molecule has 1 unspecified atom stereocenters. The molecule has 1 atom stereocenters. The predicted octanol–water partition coefficient (Wildman–Crippen LogP) is 2.74. The summed E-state index contributed by atoms with van der Waals surface area (Å²) in [5.41, 5.74) is 0.